The lowest BCUT2D eigenvalue weighted by Crippen LogP contribution is -2.55. The summed E-state index contributed by atoms with van der Waals surface area (Å²) in [5.41, 5.74) is 0. The standard InChI is InChI=1S/C6H10F2O4/c7-3-4(10)2(1-9)12-6(8)5(3)11/h2-6,9-11H,1H2/t2-,3+,4-,5-,6+/m1/s1. The number of hydrogen-bond donors (Lipinski definition) is 3. The Morgan fingerprint density at radius 2 is 1.75 bits per heavy atom. The second-order valence-electron chi connectivity index (χ2n) is 2.63. The van der Waals surface area contributed by atoms with Crippen molar-refractivity contribution < 1.29 is 28.8 Å². The third kappa shape index (κ3) is 1.56. The zero-order valence-electron chi connectivity index (χ0n) is 6.10. The molecule has 0 spiro atoms. The molecule has 6 heteroatoms. The van der Waals surface area contributed by atoms with Crippen molar-refractivity contribution in [2.45, 2.75) is 30.8 Å². The molecule has 0 aromatic heterocycles. The van der Waals surface area contributed by atoms with E-state index in [0.717, 1.165) is 0 Å². The molecule has 12 heavy (non-hydrogen) atoms. The van der Waals surface area contributed by atoms with Crippen LogP contribution in [0.5, 0.6) is 0 Å². The second-order valence-corrected chi connectivity index (χ2v) is 2.63. The summed E-state index contributed by atoms with van der Waals surface area (Å²) in [6, 6.07) is 0. The van der Waals surface area contributed by atoms with Crippen LogP contribution in [0.3, 0.4) is 0 Å². The molecule has 72 valence electrons. The first-order valence-electron chi connectivity index (χ1n) is 3.48. The van der Waals surface area contributed by atoms with Gasteiger partial charge in [-0.15, -0.1) is 0 Å². The van der Waals surface area contributed by atoms with Gasteiger partial charge in [0.15, 0.2) is 6.17 Å². The Morgan fingerprint density at radius 3 is 2.25 bits per heavy atom. The monoisotopic (exact) mass is 184 g/mol. The van der Waals surface area contributed by atoms with Crippen molar-refractivity contribution in [3.8, 4) is 0 Å². The van der Waals surface area contributed by atoms with Crippen LogP contribution in [-0.2, 0) is 4.74 Å². The number of rotatable bonds is 1. The van der Waals surface area contributed by atoms with Gasteiger partial charge in [-0.05, 0) is 0 Å². The summed E-state index contributed by atoms with van der Waals surface area (Å²) in [6.45, 7) is -0.686. The molecule has 1 aliphatic rings. The maximum atomic E-state index is 12.7. The molecule has 1 aliphatic heterocycles. The molecule has 1 heterocycles. The SMILES string of the molecule is OC[C@H]1O[C@H](F)[C@H](O)[C@@H](F)[C@@H]1O. The van der Waals surface area contributed by atoms with Gasteiger partial charge in [-0.1, -0.05) is 0 Å². The molecule has 0 aliphatic carbocycles. The summed E-state index contributed by atoms with van der Waals surface area (Å²) in [5, 5.41) is 26.1. The van der Waals surface area contributed by atoms with Gasteiger partial charge in [-0.3, -0.25) is 0 Å². The number of halogens is 2. The van der Waals surface area contributed by atoms with E-state index >= 15 is 0 Å². The number of alkyl halides is 2. The van der Waals surface area contributed by atoms with Gasteiger partial charge in [0.1, 0.15) is 18.3 Å². The molecular weight excluding hydrogens is 174 g/mol. The molecule has 1 saturated heterocycles. The second kappa shape index (κ2) is 3.61. The minimum atomic E-state index is -2.19. The van der Waals surface area contributed by atoms with Crippen molar-refractivity contribution in [3.63, 3.8) is 0 Å². The summed E-state index contributed by atoms with van der Waals surface area (Å²) >= 11 is 0. The zero-order valence-corrected chi connectivity index (χ0v) is 6.10. The Labute approximate surface area is 67.4 Å². The number of hydrogen-bond acceptors (Lipinski definition) is 4. The van der Waals surface area contributed by atoms with E-state index in [2.05, 4.69) is 4.74 Å². The van der Waals surface area contributed by atoms with Crippen LogP contribution in [0.1, 0.15) is 0 Å². The number of ether oxygens (including phenoxy) is 1. The van der Waals surface area contributed by atoms with Crippen molar-refractivity contribution in [3.05, 3.63) is 0 Å². The smallest absolute Gasteiger partial charge is 0.228 e. The maximum Gasteiger partial charge on any atom is 0.228 e. The highest BCUT2D eigenvalue weighted by Gasteiger charge is 2.44. The van der Waals surface area contributed by atoms with Crippen LogP contribution >= 0.6 is 0 Å². The first kappa shape index (κ1) is 9.79. The van der Waals surface area contributed by atoms with Gasteiger partial charge in [0.25, 0.3) is 0 Å². The predicted octanol–water partition coefficient (Wildman–Crippen LogP) is -1.27. The molecule has 4 nitrogen and oxygen atoms in total. The molecule has 3 N–H and O–H groups in total. The molecular formula is C6H10F2O4. The average Bonchev–Trinajstić information content (AvgIpc) is 2.08. The van der Waals surface area contributed by atoms with Crippen LogP contribution in [0.15, 0.2) is 0 Å². The van der Waals surface area contributed by atoms with Crippen LogP contribution < -0.4 is 0 Å². The van der Waals surface area contributed by atoms with E-state index < -0.39 is 37.4 Å². The molecule has 0 amide bonds. The number of aliphatic hydroxyl groups excluding tert-OH is 3. The fourth-order valence-electron chi connectivity index (χ4n) is 1.03. The Kier molecular flexibility index (Phi) is 2.94. The van der Waals surface area contributed by atoms with Gasteiger partial charge in [0.05, 0.1) is 6.61 Å². The number of aliphatic hydroxyl groups is 3. The minimum absolute atomic E-state index is 0.686. The van der Waals surface area contributed by atoms with Crippen LogP contribution in [-0.4, -0.2) is 52.8 Å². The van der Waals surface area contributed by atoms with Gasteiger partial charge in [-0.2, -0.15) is 0 Å². The first-order valence-corrected chi connectivity index (χ1v) is 3.48. The van der Waals surface area contributed by atoms with Crippen molar-refractivity contribution in [1.82, 2.24) is 0 Å². The molecule has 0 unspecified atom stereocenters. The van der Waals surface area contributed by atoms with Crippen molar-refractivity contribution >= 4 is 0 Å². The van der Waals surface area contributed by atoms with E-state index in [1.807, 2.05) is 0 Å². The van der Waals surface area contributed by atoms with E-state index in [4.69, 9.17) is 15.3 Å². The largest absolute Gasteiger partial charge is 0.394 e. The van der Waals surface area contributed by atoms with Crippen molar-refractivity contribution in [2.75, 3.05) is 6.61 Å². The summed E-state index contributed by atoms with van der Waals surface area (Å²) in [6.07, 6.45) is -9.29. The maximum absolute atomic E-state index is 12.7. The fourth-order valence-corrected chi connectivity index (χ4v) is 1.03. The summed E-state index contributed by atoms with van der Waals surface area (Å²) in [5.74, 6) is 0. The fraction of sp³-hybridized carbons (Fsp3) is 1.00. The quantitative estimate of drug-likeness (QED) is 0.475. The lowest BCUT2D eigenvalue weighted by atomic mass is 10.0. The van der Waals surface area contributed by atoms with Crippen molar-refractivity contribution in [2.24, 2.45) is 0 Å². The molecule has 1 fully saturated rings. The van der Waals surface area contributed by atoms with Gasteiger partial charge in [-0.25, -0.2) is 8.78 Å². The Morgan fingerprint density at radius 1 is 1.17 bits per heavy atom. The van der Waals surface area contributed by atoms with E-state index in [0.29, 0.717) is 0 Å². The average molecular weight is 184 g/mol. The molecule has 0 radical (unpaired) electrons. The van der Waals surface area contributed by atoms with Crippen LogP contribution in [0.4, 0.5) is 8.78 Å². The minimum Gasteiger partial charge on any atom is -0.394 e. The highest BCUT2D eigenvalue weighted by molar-refractivity contribution is 4.88. The topological polar surface area (TPSA) is 69.9 Å². The summed E-state index contributed by atoms with van der Waals surface area (Å²) < 4.78 is 29.5. The molecule has 5 atom stereocenters. The van der Waals surface area contributed by atoms with Crippen LogP contribution in [0, 0.1) is 0 Å². The van der Waals surface area contributed by atoms with E-state index in [1.54, 1.807) is 0 Å². The molecule has 0 aromatic carbocycles. The third-order valence-corrected chi connectivity index (χ3v) is 1.79. The normalized spacial score (nSPS) is 49.2. The third-order valence-electron chi connectivity index (χ3n) is 1.79. The van der Waals surface area contributed by atoms with E-state index in [9.17, 15) is 8.78 Å². The summed E-state index contributed by atoms with van der Waals surface area (Å²) in [4.78, 5) is 0. The van der Waals surface area contributed by atoms with Gasteiger partial charge in [0, 0.05) is 0 Å². The first-order chi connectivity index (χ1) is 5.57. The molecule has 0 saturated carbocycles. The highest BCUT2D eigenvalue weighted by atomic mass is 19.2. The Balaban J connectivity index is 2.63. The lowest BCUT2D eigenvalue weighted by Gasteiger charge is -2.35. The molecule has 1 rings (SSSR count). The Hall–Kier alpha value is -0.300. The predicted molar refractivity (Wildman–Crippen MR) is 33.8 cm³/mol. The van der Waals surface area contributed by atoms with Crippen molar-refractivity contribution in [1.29, 1.82) is 0 Å². The van der Waals surface area contributed by atoms with Gasteiger partial charge in [0.2, 0.25) is 6.36 Å². The van der Waals surface area contributed by atoms with E-state index in [-0.39, 0.29) is 0 Å². The zero-order chi connectivity index (χ0) is 9.30. The molecule has 0 aromatic rings. The van der Waals surface area contributed by atoms with E-state index in [1.165, 1.54) is 0 Å². The van der Waals surface area contributed by atoms with Crippen LogP contribution in [0.2, 0.25) is 0 Å². The highest BCUT2D eigenvalue weighted by Crippen LogP contribution is 2.23. The lowest BCUT2D eigenvalue weighted by molar-refractivity contribution is -0.249. The Bertz CT molecular complexity index is 152. The summed E-state index contributed by atoms with van der Waals surface area (Å²) in [7, 11) is 0. The van der Waals surface area contributed by atoms with Gasteiger partial charge >= 0.3 is 0 Å². The van der Waals surface area contributed by atoms with Gasteiger partial charge < -0.3 is 20.1 Å². The molecule has 0 bridgehead atoms. The van der Waals surface area contributed by atoms with Crippen LogP contribution in [0.25, 0.3) is 0 Å².